The van der Waals surface area contributed by atoms with Gasteiger partial charge in [0.2, 0.25) is 0 Å². The Labute approximate surface area is 99.7 Å². The van der Waals surface area contributed by atoms with Crippen molar-refractivity contribution >= 4 is 21.6 Å². The summed E-state index contributed by atoms with van der Waals surface area (Å²) in [5, 5.41) is 4.72. The van der Waals surface area contributed by atoms with Gasteiger partial charge >= 0.3 is 0 Å². The van der Waals surface area contributed by atoms with Crippen molar-refractivity contribution in [3.05, 3.63) is 28.8 Å². The van der Waals surface area contributed by atoms with Crippen LogP contribution in [0.2, 0.25) is 0 Å². The number of rotatable bonds is 1. The van der Waals surface area contributed by atoms with Gasteiger partial charge in [0.25, 0.3) is 0 Å². The Balaban J connectivity index is 2.11. The van der Waals surface area contributed by atoms with Crippen LogP contribution in [0.15, 0.2) is 18.2 Å². The second-order valence-corrected chi connectivity index (χ2v) is 6.01. The quantitative estimate of drug-likeness (QED) is 0.818. The van der Waals surface area contributed by atoms with Gasteiger partial charge in [0, 0.05) is 12.0 Å². The summed E-state index contributed by atoms with van der Waals surface area (Å²) in [4.78, 5) is 4.81. The molecule has 0 aliphatic carbocycles. The van der Waals surface area contributed by atoms with Crippen molar-refractivity contribution in [2.45, 2.75) is 25.7 Å². The van der Waals surface area contributed by atoms with Crippen LogP contribution < -0.4 is 5.32 Å². The lowest BCUT2D eigenvalue weighted by atomic mass is 9.91. The molecule has 1 aliphatic rings. The predicted octanol–water partition coefficient (Wildman–Crippen LogP) is 2.86. The molecule has 1 N–H and O–H groups in total. The van der Waals surface area contributed by atoms with E-state index in [0.29, 0.717) is 0 Å². The van der Waals surface area contributed by atoms with Gasteiger partial charge in [-0.15, -0.1) is 11.3 Å². The zero-order chi connectivity index (χ0) is 11.2. The van der Waals surface area contributed by atoms with Crippen LogP contribution >= 0.6 is 11.3 Å². The number of hydrogen-bond acceptors (Lipinski definition) is 3. The van der Waals surface area contributed by atoms with Crippen molar-refractivity contribution in [3.8, 4) is 0 Å². The summed E-state index contributed by atoms with van der Waals surface area (Å²) in [6.45, 7) is 6.62. The third-order valence-corrected chi connectivity index (χ3v) is 4.77. The van der Waals surface area contributed by atoms with E-state index in [4.69, 9.17) is 4.98 Å². The summed E-state index contributed by atoms with van der Waals surface area (Å²) in [5.41, 5.74) is 2.70. The van der Waals surface area contributed by atoms with E-state index in [1.165, 1.54) is 21.7 Å². The third kappa shape index (κ3) is 1.55. The molecule has 2 nitrogen and oxygen atoms in total. The lowest BCUT2D eigenvalue weighted by Crippen LogP contribution is -2.24. The van der Waals surface area contributed by atoms with Crippen LogP contribution in [0.4, 0.5) is 0 Å². The Hall–Kier alpha value is -0.930. The van der Waals surface area contributed by atoms with Gasteiger partial charge in [-0.1, -0.05) is 13.0 Å². The Bertz CT molecular complexity index is 524. The molecule has 1 saturated heterocycles. The largest absolute Gasteiger partial charge is 0.316 e. The van der Waals surface area contributed by atoms with Gasteiger partial charge in [-0.05, 0) is 37.6 Å². The fourth-order valence-corrected chi connectivity index (χ4v) is 3.41. The maximum atomic E-state index is 4.81. The van der Waals surface area contributed by atoms with Crippen molar-refractivity contribution in [3.63, 3.8) is 0 Å². The van der Waals surface area contributed by atoms with E-state index in [-0.39, 0.29) is 5.41 Å². The van der Waals surface area contributed by atoms with Crippen LogP contribution in [-0.2, 0) is 5.41 Å². The van der Waals surface area contributed by atoms with E-state index < -0.39 is 0 Å². The van der Waals surface area contributed by atoms with E-state index in [1.807, 2.05) is 11.3 Å². The van der Waals surface area contributed by atoms with Crippen LogP contribution in [0.25, 0.3) is 10.2 Å². The SMILES string of the molecule is Cc1ccc2sc(C3(C)CCNC3)nc2c1. The first-order valence-electron chi connectivity index (χ1n) is 5.76. The molecule has 2 heterocycles. The maximum absolute atomic E-state index is 4.81. The van der Waals surface area contributed by atoms with Gasteiger partial charge in [0.1, 0.15) is 5.01 Å². The minimum Gasteiger partial charge on any atom is -0.316 e. The van der Waals surface area contributed by atoms with E-state index in [9.17, 15) is 0 Å². The summed E-state index contributed by atoms with van der Waals surface area (Å²) in [6.07, 6.45) is 1.20. The van der Waals surface area contributed by atoms with Crippen molar-refractivity contribution in [2.24, 2.45) is 0 Å². The number of hydrogen-bond donors (Lipinski definition) is 1. The first-order chi connectivity index (χ1) is 7.67. The standard InChI is InChI=1S/C13H16N2S/c1-9-3-4-11-10(7-9)15-12(16-11)13(2)5-6-14-8-13/h3-4,7,14H,5-6,8H2,1-2H3. The number of aromatic nitrogens is 1. The number of nitrogens with one attached hydrogen (secondary N) is 1. The zero-order valence-corrected chi connectivity index (χ0v) is 10.5. The molecule has 1 unspecified atom stereocenters. The number of thiazole rings is 1. The number of benzene rings is 1. The molecule has 16 heavy (non-hydrogen) atoms. The molecular weight excluding hydrogens is 216 g/mol. The van der Waals surface area contributed by atoms with Crippen molar-refractivity contribution in [1.29, 1.82) is 0 Å². The molecule has 1 fully saturated rings. The highest BCUT2D eigenvalue weighted by Gasteiger charge is 2.33. The van der Waals surface area contributed by atoms with Gasteiger partial charge in [-0.3, -0.25) is 0 Å². The van der Waals surface area contributed by atoms with Crippen LogP contribution in [-0.4, -0.2) is 18.1 Å². The molecule has 1 aliphatic heterocycles. The molecule has 1 atom stereocenters. The van der Waals surface area contributed by atoms with Crippen molar-refractivity contribution < 1.29 is 0 Å². The molecule has 1 aromatic heterocycles. The Morgan fingerprint density at radius 2 is 2.31 bits per heavy atom. The van der Waals surface area contributed by atoms with Crippen LogP contribution in [0.5, 0.6) is 0 Å². The topological polar surface area (TPSA) is 24.9 Å². The highest BCUT2D eigenvalue weighted by atomic mass is 32.1. The summed E-state index contributed by atoms with van der Waals surface area (Å²) in [6, 6.07) is 6.54. The summed E-state index contributed by atoms with van der Waals surface area (Å²) in [7, 11) is 0. The summed E-state index contributed by atoms with van der Waals surface area (Å²) < 4.78 is 1.31. The molecular formula is C13H16N2S. The number of fused-ring (bicyclic) bond motifs is 1. The Kier molecular flexibility index (Phi) is 2.26. The molecule has 1 aromatic carbocycles. The Morgan fingerprint density at radius 1 is 1.44 bits per heavy atom. The first-order valence-corrected chi connectivity index (χ1v) is 6.57. The summed E-state index contributed by atoms with van der Waals surface area (Å²) >= 11 is 1.85. The average Bonchev–Trinajstić information content (AvgIpc) is 2.84. The lowest BCUT2D eigenvalue weighted by Gasteiger charge is -2.18. The van der Waals surface area contributed by atoms with Crippen LogP contribution in [0.1, 0.15) is 23.9 Å². The number of aryl methyl sites for hydroxylation is 1. The van der Waals surface area contributed by atoms with Gasteiger partial charge in [-0.25, -0.2) is 4.98 Å². The average molecular weight is 232 g/mol. The molecule has 2 aromatic rings. The van der Waals surface area contributed by atoms with Crippen LogP contribution in [0.3, 0.4) is 0 Å². The van der Waals surface area contributed by atoms with E-state index in [2.05, 4.69) is 37.4 Å². The molecule has 0 bridgehead atoms. The molecule has 0 saturated carbocycles. The first kappa shape index (κ1) is 10.2. The van der Waals surface area contributed by atoms with E-state index in [1.54, 1.807) is 0 Å². The van der Waals surface area contributed by atoms with Crippen molar-refractivity contribution in [1.82, 2.24) is 10.3 Å². The second-order valence-electron chi connectivity index (χ2n) is 4.98. The Morgan fingerprint density at radius 3 is 3.06 bits per heavy atom. The predicted molar refractivity (Wildman–Crippen MR) is 69.2 cm³/mol. The smallest absolute Gasteiger partial charge is 0.101 e. The minimum atomic E-state index is 0.248. The molecule has 0 radical (unpaired) electrons. The van der Waals surface area contributed by atoms with Crippen molar-refractivity contribution in [2.75, 3.05) is 13.1 Å². The molecule has 3 rings (SSSR count). The molecule has 3 heteroatoms. The number of nitrogens with zero attached hydrogens (tertiary/aromatic N) is 1. The lowest BCUT2D eigenvalue weighted by molar-refractivity contribution is 0.523. The van der Waals surface area contributed by atoms with Gasteiger partial charge < -0.3 is 5.32 Å². The van der Waals surface area contributed by atoms with E-state index >= 15 is 0 Å². The highest BCUT2D eigenvalue weighted by molar-refractivity contribution is 7.18. The molecule has 0 amide bonds. The second kappa shape index (κ2) is 3.54. The fourth-order valence-electron chi connectivity index (χ4n) is 2.30. The zero-order valence-electron chi connectivity index (χ0n) is 9.71. The monoisotopic (exact) mass is 232 g/mol. The fraction of sp³-hybridized carbons (Fsp3) is 0.462. The van der Waals surface area contributed by atoms with Gasteiger partial charge in [0.15, 0.2) is 0 Å². The minimum absolute atomic E-state index is 0.248. The highest BCUT2D eigenvalue weighted by Crippen LogP contribution is 2.35. The van der Waals surface area contributed by atoms with Gasteiger partial charge in [0.05, 0.1) is 10.2 Å². The summed E-state index contributed by atoms with van der Waals surface area (Å²) in [5.74, 6) is 0. The maximum Gasteiger partial charge on any atom is 0.101 e. The third-order valence-electron chi connectivity index (χ3n) is 3.43. The molecule has 84 valence electrons. The van der Waals surface area contributed by atoms with Crippen LogP contribution in [0, 0.1) is 6.92 Å². The van der Waals surface area contributed by atoms with E-state index in [0.717, 1.165) is 18.6 Å². The molecule has 0 spiro atoms. The van der Waals surface area contributed by atoms with Gasteiger partial charge in [-0.2, -0.15) is 0 Å². The normalized spacial score (nSPS) is 25.4.